The second kappa shape index (κ2) is 12.6. The molecule has 0 aliphatic carbocycles. The summed E-state index contributed by atoms with van der Waals surface area (Å²) < 4.78 is 6.10. The zero-order chi connectivity index (χ0) is 36.3. The third kappa shape index (κ3) is 5.36. The van der Waals surface area contributed by atoms with Crippen molar-refractivity contribution >= 4 is 54.3 Å². The molecular weight excluding hydrogens is 669 g/mol. The van der Waals surface area contributed by atoms with E-state index in [-0.39, 0.29) is 0 Å². The normalized spacial score (nSPS) is 11.6. The summed E-state index contributed by atoms with van der Waals surface area (Å²) >= 11 is 0. The number of furan rings is 1. The molecule has 55 heavy (non-hydrogen) atoms. The van der Waals surface area contributed by atoms with Crippen molar-refractivity contribution in [2.75, 3.05) is 0 Å². The predicted octanol–water partition coefficient (Wildman–Crippen LogP) is 14.2. The Morgan fingerprint density at radius 1 is 0.291 bits per heavy atom. The van der Waals surface area contributed by atoms with E-state index in [0.29, 0.717) is 5.82 Å². The number of para-hydroxylation sites is 1. The molecule has 0 bridgehead atoms. The first-order chi connectivity index (χ1) is 27.2. The van der Waals surface area contributed by atoms with Gasteiger partial charge in [-0.2, -0.15) is 0 Å². The highest BCUT2D eigenvalue weighted by atomic mass is 16.3. The summed E-state index contributed by atoms with van der Waals surface area (Å²) in [6, 6.07) is 68.7. The highest BCUT2D eigenvalue weighted by Gasteiger charge is 2.18. The first-order valence-corrected chi connectivity index (χ1v) is 18.6. The van der Waals surface area contributed by atoms with Crippen LogP contribution in [-0.4, -0.2) is 9.97 Å². The number of fused-ring (bicyclic) bond motifs is 7. The average molecular weight is 701 g/mol. The van der Waals surface area contributed by atoms with E-state index in [1.165, 1.54) is 27.3 Å². The SMILES string of the molecule is c1ccc(-c2ccc(-c3cc(-c4ccc(-c5ccc6oc7ccccc7c6c5)cc4)nc(-c4c5ccccc5cc5c4ccc4ccccc45)n3)cc2)cc1. The topological polar surface area (TPSA) is 38.9 Å². The van der Waals surface area contributed by atoms with E-state index in [1.54, 1.807) is 0 Å². The molecule has 0 saturated heterocycles. The van der Waals surface area contributed by atoms with Gasteiger partial charge in [0, 0.05) is 27.5 Å². The molecule has 0 N–H and O–H groups in total. The summed E-state index contributed by atoms with van der Waals surface area (Å²) in [6.45, 7) is 0. The van der Waals surface area contributed by atoms with Crippen LogP contribution in [0.25, 0.3) is 110 Å². The summed E-state index contributed by atoms with van der Waals surface area (Å²) in [7, 11) is 0. The van der Waals surface area contributed by atoms with Crippen molar-refractivity contribution in [2.45, 2.75) is 0 Å². The molecule has 0 aliphatic heterocycles. The first-order valence-electron chi connectivity index (χ1n) is 18.6. The molecule has 3 nitrogen and oxygen atoms in total. The van der Waals surface area contributed by atoms with Gasteiger partial charge < -0.3 is 4.42 Å². The van der Waals surface area contributed by atoms with E-state index < -0.39 is 0 Å². The van der Waals surface area contributed by atoms with E-state index in [1.807, 2.05) is 18.2 Å². The number of rotatable bonds is 5. The van der Waals surface area contributed by atoms with Crippen molar-refractivity contribution in [1.29, 1.82) is 0 Å². The zero-order valence-corrected chi connectivity index (χ0v) is 29.8. The molecule has 11 rings (SSSR count). The lowest BCUT2D eigenvalue weighted by Gasteiger charge is -2.15. The molecular formula is C52H32N2O. The molecule has 9 aromatic carbocycles. The van der Waals surface area contributed by atoms with Crippen molar-refractivity contribution in [3.05, 3.63) is 194 Å². The zero-order valence-electron chi connectivity index (χ0n) is 29.8. The van der Waals surface area contributed by atoms with Gasteiger partial charge in [0.1, 0.15) is 11.2 Å². The van der Waals surface area contributed by atoms with Gasteiger partial charge in [-0.15, -0.1) is 0 Å². The van der Waals surface area contributed by atoms with Crippen LogP contribution in [0.4, 0.5) is 0 Å². The summed E-state index contributed by atoms with van der Waals surface area (Å²) in [5.41, 5.74) is 11.3. The van der Waals surface area contributed by atoms with Crippen molar-refractivity contribution in [3.63, 3.8) is 0 Å². The third-order valence-corrected chi connectivity index (χ3v) is 10.9. The maximum absolute atomic E-state index is 6.10. The highest BCUT2D eigenvalue weighted by molar-refractivity contribution is 6.19. The van der Waals surface area contributed by atoms with Crippen molar-refractivity contribution < 1.29 is 4.42 Å². The van der Waals surface area contributed by atoms with Crippen LogP contribution in [0.1, 0.15) is 0 Å². The van der Waals surface area contributed by atoms with Crippen molar-refractivity contribution in [2.24, 2.45) is 0 Å². The Bertz CT molecular complexity index is 3230. The number of aromatic nitrogens is 2. The van der Waals surface area contributed by atoms with Crippen LogP contribution < -0.4 is 0 Å². The van der Waals surface area contributed by atoms with E-state index >= 15 is 0 Å². The fourth-order valence-corrected chi connectivity index (χ4v) is 8.12. The molecule has 0 aliphatic rings. The van der Waals surface area contributed by atoms with Gasteiger partial charge in [-0.3, -0.25) is 0 Å². The molecule has 0 fully saturated rings. The maximum atomic E-state index is 6.10. The van der Waals surface area contributed by atoms with Gasteiger partial charge in [-0.05, 0) is 84.9 Å². The van der Waals surface area contributed by atoms with Crippen LogP contribution in [0.15, 0.2) is 199 Å². The molecule has 3 heteroatoms. The Labute approximate surface area is 317 Å². The Balaban J connectivity index is 1.09. The minimum atomic E-state index is 0.707. The largest absolute Gasteiger partial charge is 0.456 e. The van der Waals surface area contributed by atoms with E-state index in [2.05, 4.69) is 176 Å². The Morgan fingerprint density at radius 2 is 0.836 bits per heavy atom. The second-order valence-electron chi connectivity index (χ2n) is 14.1. The fraction of sp³-hybridized carbons (Fsp3) is 0. The maximum Gasteiger partial charge on any atom is 0.161 e. The highest BCUT2D eigenvalue weighted by Crippen LogP contribution is 2.40. The smallest absolute Gasteiger partial charge is 0.161 e. The quantitative estimate of drug-likeness (QED) is 0.133. The molecule has 2 heterocycles. The summed E-state index contributed by atoms with van der Waals surface area (Å²) in [4.78, 5) is 10.8. The average Bonchev–Trinajstić information content (AvgIpc) is 3.64. The lowest BCUT2D eigenvalue weighted by molar-refractivity contribution is 0.669. The van der Waals surface area contributed by atoms with Crippen LogP contribution in [0.3, 0.4) is 0 Å². The van der Waals surface area contributed by atoms with Gasteiger partial charge in [-0.1, -0.05) is 164 Å². The van der Waals surface area contributed by atoms with Crippen molar-refractivity contribution in [3.8, 4) is 56.2 Å². The van der Waals surface area contributed by atoms with Crippen LogP contribution in [0, 0.1) is 0 Å². The Hall–Kier alpha value is -7.36. The Kier molecular flexibility index (Phi) is 7.17. The molecule has 0 radical (unpaired) electrons. The van der Waals surface area contributed by atoms with Gasteiger partial charge in [0.05, 0.1) is 11.4 Å². The van der Waals surface area contributed by atoms with Gasteiger partial charge in [0.15, 0.2) is 5.82 Å². The van der Waals surface area contributed by atoms with E-state index in [4.69, 9.17) is 14.4 Å². The standard InChI is InChI=1S/C52H32N2O/c1-2-10-33(11-3-1)34-18-22-37(23-19-34)47-32-48(38-24-20-35(21-25-38)39-27-29-50-46(30-39)43-16-8-9-17-49(43)55-50)54-52(53-47)51-42-15-7-5-13-40(42)31-45-41-14-6-4-12-36(41)26-28-44(45)51/h1-32H. The third-order valence-electron chi connectivity index (χ3n) is 10.9. The molecule has 0 unspecified atom stereocenters. The predicted molar refractivity (Wildman–Crippen MR) is 229 cm³/mol. The van der Waals surface area contributed by atoms with Gasteiger partial charge in [0.2, 0.25) is 0 Å². The summed E-state index contributed by atoms with van der Waals surface area (Å²) in [6.07, 6.45) is 0. The monoisotopic (exact) mass is 700 g/mol. The van der Waals surface area contributed by atoms with Crippen molar-refractivity contribution in [1.82, 2.24) is 9.97 Å². The second-order valence-corrected chi connectivity index (χ2v) is 14.1. The minimum absolute atomic E-state index is 0.707. The molecule has 11 aromatic rings. The van der Waals surface area contributed by atoms with Crippen LogP contribution >= 0.6 is 0 Å². The first kappa shape index (κ1) is 31.2. The molecule has 2 aromatic heterocycles. The number of nitrogens with zero attached hydrogens (tertiary/aromatic N) is 2. The summed E-state index contributed by atoms with van der Waals surface area (Å²) in [5, 5.41) is 9.31. The van der Waals surface area contributed by atoms with E-state index in [0.717, 1.165) is 77.3 Å². The molecule has 0 saturated carbocycles. The van der Waals surface area contributed by atoms with Gasteiger partial charge >= 0.3 is 0 Å². The fourth-order valence-electron chi connectivity index (χ4n) is 8.12. The molecule has 256 valence electrons. The van der Waals surface area contributed by atoms with Gasteiger partial charge in [-0.25, -0.2) is 9.97 Å². The molecule has 0 amide bonds. The lowest BCUT2D eigenvalue weighted by atomic mass is 9.92. The number of benzene rings is 9. The number of hydrogen-bond acceptors (Lipinski definition) is 3. The molecule has 0 spiro atoms. The van der Waals surface area contributed by atoms with Gasteiger partial charge in [0.25, 0.3) is 0 Å². The van der Waals surface area contributed by atoms with E-state index in [9.17, 15) is 0 Å². The van der Waals surface area contributed by atoms with Crippen LogP contribution in [-0.2, 0) is 0 Å². The summed E-state index contributed by atoms with van der Waals surface area (Å²) in [5.74, 6) is 0.707. The minimum Gasteiger partial charge on any atom is -0.456 e. The lowest BCUT2D eigenvalue weighted by Crippen LogP contribution is -1.98. The van der Waals surface area contributed by atoms with Crippen LogP contribution in [0.2, 0.25) is 0 Å². The number of hydrogen-bond donors (Lipinski definition) is 0. The molecule has 0 atom stereocenters. The Morgan fingerprint density at radius 3 is 1.58 bits per heavy atom. The van der Waals surface area contributed by atoms with Crippen LogP contribution in [0.5, 0.6) is 0 Å².